The van der Waals surface area contributed by atoms with Crippen LogP contribution in [-0.4, -0.2) is 47.4 Å². The zero-order chi connectivity index (χ0) is 44.4. The highest BCUT2D eigenvalue weighted by Gasteiger charge is 2.20. The van der Waals surface area contributed by atoms with Gasteiger partial charge >= 0.3 is 5.97 Å². The van der Waals surface area contributed by atoms with E-state index < -0.39 is 12.1 Å². The Morgan fingerprint density at radius 1 is 0.443 bits per heavy atom. The van der Waals surface area contributed by atoms with Gasteiger partial charge in [0.05, 0.1) is 25.4 Å². The minimum atomic E-state index is -0.694. The maximum absolute atomic E-state index is 12.4. The molecular formula is C55H107NO5. The fraction of sp³-hybridized carbons (Fsp3) is 0.927. The maximum Gasteiger partial charge on any atom is 0.305 e. The van der Waals surface area contributed by atoms with Crippen LogP contribution in [0.4, 0.5) is 0 Å². The van der Waals surface area contributed by atoms with Gasteiger partial charge in [-0.3, -0.25) is 9.59 Å². The fourth-order valence-electron chi connectivity index (χ4n) is 8.59. The van der Waals surface area contributed by atoms with Gasteiger partial charge in [0.25, 0.3) is 0 Å². The smallest absolute Gasteiger partial charge is 0.305 e. The Labute approximate surface area is 380 Å². The van der Waals surface area contributed by atoms with Gasteiger partial charge in [0, 0.05) is 12.8 Å². The van der Waals surface area contributed by atoms with Crippen molar-refractivity contribution in [1.29, 1.82) is 0 Å². The van der Waals surface area contributed by atoms with Crippen molar-refractivity contribution in [2.45, 2.75) is 315 Å². The number of ether oxygens (including phenoxy) is 1. The first-order valence-electron chi connectivity index (χ1n) is 27.4. The summed E-state index contributed by atoms with van der Waals surface area (Å²) >= 11 is 0. The molecule has 0 bridgehead atoms. The minimum absolute atomic E-state index is 0.0303. The molecule has 0 rings (SSSR count). The van der Waals surface area contributed by atoms with Gasteiger partial charge in [0.2, 0.25) is 5.91 Å². The minimum Gasteiger partial charge on any atom is -0.466 e. The Morgan fingerprint density at radius 3 is 1.20 bits per heavy atom. The number of carbonyl (C=O) groups is 2. The Bertz CT molecular complexity index is 909. The van der Waals surface area contributed by atoms with E-state index in [4.69, 9.17) is 4.74 Å². The number of aliphatic hydroxyl groups excluding tert-OH is 2. The van der Waals surface area contributed by atoms with Crippen molar-refractivity contribution in [3.05, 3.63) is 12.2 Å². The van der Waals surface area contributed by atoms with Crippen molar-refractivity contribution < 1.29 is 24.5 Å². The molecule has 0 aromatic heterocycles. The quantitative estimate of drug-likeness (QED) is 0.0322. The number of esters is 1. The van der Waals surface area contributed by atoms with Gasteiger partial charge in [0.15, 0.2) is 0 Å². The zero-order valence-electron chi connectivity index (χ0n) is 41.2. The summed E-state index contributed by atoms with van der Waals surface area (Å²) in [5, 5.41) is 23.2. The van der Waals surface area contributed by atoms with Crippen molar-refractivity contribution in [3.63, 3.8) is 0 Å². The van der Waals surface area contributed by atoms with E-state index in [2.05, 4.69) is 31.3 Å². The molecule has 0 aromatic carbocycles. The van der Waals surface area contributed by atoms with Crippen molar-refractivity contribution >= 4 is 11.9 Å². The predicted octanol–water partition coefficient (Wildman–Crippen LogP) is 16.5. The summed E-state index contributed by atoms with van der Waals surface area (Å²) in [6.07, 6.45) is 59.1. The van der Waals surface area contributed by atoms with E-state index in [9.17, 15) is 19.8 Å². The van der Waals surface area contributed by atoms with Gasteiger partial charge in [-0.2, -0.15) is 0 Å². The van der Waals surface area contributed by atoms with Crippen LogP contribution < -0.4 is 5.32 Å². The number of carbonyl (C=O) groups excluding carboxylic acids is 2. The number of unbranched alkanes of at least 4 members (excludes halogenated alkanes) is 38. The van der Waals surface area contributed by atoms with Crippen LogP contribution in [0.5, 0.6) is 0 Å². The van der Waals surface area contributed by atoms with Crippen molar-refractivity contribution in [1.82, 2.24) is 5.32 Å². The number of hydrogen-bond acceptors (Lipinski definition) is 5. The number of allylic oxidation sites excluding steroid dienone is 2. The molecule has 362 valence electrons. The summed E-state index contributed by atoms with van der Waals surface area (Å²) in [6.45, 7) is 4.88. The van der Waals surface area contributed by atoms with Crippen LogP contribution in [0.2, 0.25) is 0 Å². The van der Waals surface area contributed by atoms with E-state index in [1.54, 1.807) is 0 Å². The van der Waals surface area contributed by atoms with Gasteiger partial charge < -0.3 is 20.3 Å². The van der Waals surface area contributed by atoms with Crippen molar-refractivity contribution in [3.8, 4) is 0 Å². The summed E-state index contributed by atoms with van der Waals surface area (Å²) in [6, 6.07) is -0.578. The maximum atomic E-state index is 12.4. The molecule has 0 saturated carbocycles. The van der Waals surface area contributed by atoms with E-state index in [-0.39, 0.29) is 18.5 Å². The first-order valence-corrected chi connectivity index (χ1v) is 27.4. The third-order valence-electron chi connectivity index (χ3n) is 12.8. The number of amides is 1. The van der Waals surface area contributed by atoms with Crippen LogP contribution in [0.3, 0.4) is 0 Å². The molecule has 0 aliphatic heterocycles. The number of nitrogens with one attached hydrogen (secondary N) is 1. The zero-order valence-corrected chi connectivity index (χ0v) is 41.2. The SMILES string of the molecule is CCCCCCCCCCCCCCCCCCCCCC(=O)OCCCCCC/C=C\CCCC(=O)NC(CO)C(O)CCCCCCCCCCCCCCCCCC. The number of aliphatic hydroxyl groups is 2. The Kier molecular flexibility index (Phi) is 50.1. The highest BCUT2D eigenvalue weighted by atomic mass is 16.5. The molecule has 0 aliphatic rings. The molecule has 3 N–H and O–H groups in total. The summed E-state index contributed by atoms with van der Waals surface area (Å²) in [5.74, 6) is -0.123. The molecule has 2 atom stereocenters. The summed E-state index contributed by atoms with van der Waals surface area (Å²) in [5.41, 5.74) is 0. The third kappa shape index (κ3) is 47.9. The summed E-state index contributed by atoms with van der Waals surface area (Å²) in [4.78, 5) is 24.5. The summed E-state index contributed by atoms with van der Waals surface area (Å²) < 4.78 is 5.46. The van der Waals surface area contributed by atoms with E-state index in [0.717, 1.165) is 70.6 Å². The monoisotopic (exact) mass is 862 g/mol. The molecule has 0 fully saturated rings. The van der Waals surface area contributed by atoms with Crippen LogP contribution in [-0.2, 0) is 14.3 Å². The first kappa shape index (κ1) is 59.6. The van der Waals surface area contributed by atoms with E-state index in [1.807, 2.05) is 0 Å². The van der Waals surface area contributed by atoms with Gasteiger partial charge in [-0.1, -0.05) is 257 Å². The van der Waals surface area contributed by atoms with Crippen molar-refractivity contribution in [2.75, 3.05) is 13.2 Å². The van der Waals surface area contributed by atoms with Crippen LogP contribution >= 0.6 is 0 Å². The average molecular weight is 862 g/mol. The van der Waals surface area contributed by atoms with Crippen LogP contribution in [0, 0.1) is 0 Å². The highest BCUT2D eigenvalue weighted by Crippen LogP contribution is 2.17. The lowest BCUT2D eigenvalue weighted by atomic mass is 10.0. The molecule has 61 heavy (non-hydrogen) atoms. The number of hydrogen-bond donors (Lipinski definition) is 3. The average Bonchev–Trinajstić information content (AvgIpc) is 3.26. The summed E-state index contributed by atoms with van der Waals surface area (Å²) in [7, 11) is 0. The molecular weight excluding hydrogens is 755 g/mol. The molecule has 0 aliphatic carbocycles. The normalized spacial score (nSPS) is 12.7. The number of rotatable bonds is 51. The molecule has 6 heteroatoms. The fourth-order valence-corrected chi connectivity index (χ4v) is 8.59. The van der Waals surface area contributed by atoms with Crippen LogP contribution in [0.1, 0.15) is 303 Å². The topological polar surface area (TPSA) is 95.9 Å². The second-order valence-electron chi connectivity index (χ2n) is 18.9. The molecule has 6 nitrogen and oxygen atoms in total. The Morgan fingerprint density at radius 2 is 0.787 bits per heavy atom. The van der Waals surface area contributed by atoms with E-state index in [0.29, 0.717) is 25.9 Å². The lowest BCUT2D eigenvalue weighted by Gasteiger charge is -2.22. The highest BCUT2D eigenvalue weighted by molar-refractivity contribution is 5.76. The Balaban J connectivity index is 3.49. The lowest BCUT2D eigenvalue weighted by Crippen LogP contribution is -2.45. The first-order chi connectivity index (χ1) is 30.0. The molecule has 0 heterocycles. The second-order valence-corrected chi connectivity index (χ2v) is 18.9. The third-order valence-corrected chi connectivity index (χ3v) is 12.8. The molecule has 2 unspecified atom stereocenters. The molecule has 0 saturated heterocycles. The van der Waals surface area contributed by atoms with E-state index >= 15 is 0 Å². The predicted molar refractivity (Wildman–Crippen MR) is 264 cm³/mol. The molecule has 0 spiro atoms. The largest absolute Gasteiger partial charge is 0.466 e. The standard InChI is InChI=1S/C55H107NO5/c1-3-5-7-9-11-13-15-17-19-21-22-23-25-27-29-33-37-41-45-49-55(60)61-50-46-42-38-34-30-32-36-40-44-48-54(59)56-52(51-57)53(58)47-43-39-35-31-28-26-24-20-18-16-14-12-10-8-6-4-2/h32,36,52-53,57-58H,3-31,33-35,37-51H2,1-2H3,(H,56,59)/b36-32-. The van der Waals surface area contributed by atoms with Crippen LogP contribution in [0.15, 0.2) is 12.2 Å². The lowest BCUT2D eigenvalue weighted by molar-refractivity contribution is -0.143. The van der Waals surface area contributed by atoms with Gasteiger partial charge in [-0.05, 0) is 44.9 Å². The molecule has 0 aromatic rings. The second kappa shape index (κ2) is 51.2. The van der Waals surface area contributed by atoms with Crippen molar-refractivity contribution in [2.24, 2.45) is 0 Å². The van der Waals surface area contributed by atoms with E-state index in [1.165, 1.54) is 199 Å². The van der Waals surface area contributed by atoms with Crippen LogP contribution in [0.25, 0.3) is 0 Å². The van der Waals surface area contributed by atoms with Gasteiger partial charge in [-0.25, -0.2) is 0 Å². The molecule has 0 radical (unpaired) electrons. The molecule has 1 amide bonds. The Hall–Kier alpha value is -1.40. The van der Waals surface area contributed by atoms with Gasteiger partial charge in [0.1, 0.15) is 0 Å². The van der Waals surface area contributed by atoms with Gasteiger partial charge in [-0.15, -0.1) is 0 Å².